The normalized spacial score (nSPS) is 14.2. The lowest BCUT2D eigenvalue weighted by atomic mass is 10.1. The molecule has 102 valence electrons. The highest BCUT2D eigenvalue weighted by atomic mass is 32.2. The summed E-state index contributed by atoms with van der Waals surface area (Å²) in [7, 11) is 0. The van der Waals surface area contributed by atoms with Crippen LogP contribution in [0, 0.1) is 0 Å². The number of aliphatic imine (C=N–C) groups is 1. The largest absolute Gasteiger partial charge is 0.299 e. The Labute approximate surface area is 124 Å². The molecule has 0 radical (unpaired) electrons. The smallest absolute Gasteiger partial charge is 0.0947 e. The Morgan fingerprint density at radius 1 is 0.900 bits per heavy atom. The van der Waals surface area contributed by atoms with Gasteiger partial charge in [0, 0.05) is 9.79 Å². The summed E-state index contributed by atoms with van der Waals surface area (Å²) in [5.74, 6) is 0. The minimum Gasteiger partial charge on any atom is -0.299 e. The van der Waals surface area contributed by atoms with Crippen LogP contribution in [0.2, 0.25) is 0 Å². The number of nitrogens with zero attached hydrogens (tertiary/aromatic N) is 2. The van der Waals surface area contributed by atoms with Gasteiger partial charge < -0.3 is 0 Å². The van der Waals surface area contributed by atoms with Gasteiger partial charge in [-0.1, -0.05) is 36.0 Å². The van der Waals surface area contributed by atoms with Crippen LogP contribution in [0.1, 0.15) is 20.8 Å². The lowest BCUT2D eigenvalue weighted by molar-refractivity contribution is 0.585. The second kappa shape index (κ2) is 4.98. The van der Waals surface area contributed by atoms with Crippen molar-refractivity contribution < 1.29 is 0 Å². The fraction of sp³-hybridized carbons (Fsp3) is 0.235. The first-order valence-corrected chi connectivity index (χ1v) is 7.57. The lowest BCUT2D eigenvalue weighted by Gasteiger charge is -2.30. The molecule has 0 aliphatic carbocycles. The van der Waals surface area contributed by atoms with Crippen LogP contribution in [-0.2, 0) is 0 Å². The zero-order chi connectivity index (χ0) is 14.2. The number of hydrogen-bond donors (Lipinski definition) is 0. The van der Waals surface area contributed by atoms with E-state index in [4.69, 9.17) is 0 Å². The van der Waals surface area contributed by atoms with E-state index in [1.54, 1.807) is 0 Å². The SMILES string of the molecule is CC(C)(C)N=CN1c2ccccc2Sc2ccccc21. The zero-order valence-electron chi connectivity index (χ0n) is 12.0. The number of anilines is 2. The summed E-state index contributed by atoms with van der Waals surface area (Å²) in [6.45, 7) is 6.33. The van der Waals surface area contributed by atoms with Gasteiger partial charge in [-0.15, -0.1) is 0 Å². The molecule has 1 aliphatic rings. The van der Waals surface area contributed by atoms with Crippen LogP contribution in [0.4, 0.5) is 11.4 Å². The van der Waals surface area contributed by atoms with Crippen LogP contribution >= 0.6 is 11.8 Å². The van der Waals surface area contributed by atoms with Gasteiger partial charge in [-0.3, -0.25) is 9.89 Å². The number of hydrogen-bond acceptors (Lipinski definition) is 2. The van der Waals surface area contributed by atoms with E-state index in [-0.39, 0.29) is 5.54 Å². The molecule has 0 bridgehead atoms. The van der Waals surface area contributed by atoms with Crippen molar-refractivity contribution in [2.75, 3.05) is 4.90 Å². The number of para-hydroxylation sites is 2. The summed E-state index contributed by atoms with van der Waals surface area (Å²) in [6.07, 6.45) is 1.96. The molecule has 0 saturated heterocycles. The van der Waals surface area contributed by atoms with Crippen molar-refractivity contribution in [3.63, 3.8) is 0 Å². The van der Waals surface area contributed by atoms with Crippen LogP contribution in [0.15, 0.2) is 63.3 Å². The molecule has 1 aliphatic heterocycles. The van der Waals surface area contributed by atoms with Gasteiger partial charge >= 0.3 is 0 Å². The first kappa shape index (κ1) is 13.3. The highest BCUT2D eigenvalue weighted by Crippen LogP contribution is 2.47. The van der Waals surface area contributed by atoms with Crippen LogP contribution in [-0.4, -0.2) is 11.9 Å². The zero-order valence-corrected chi connectivity index (χ0v) is 12.8. The molecule has 0 N–H and O–H groups in total. The molecule has 2 aromatic carbocycles. The van der Waals surface area contributed by atoms with E-state index >= 15 is 0 Å². The van der Waals surface area contributed by atoms with Crippen LogP contribution in [0.25, 0.3) is 0 Å². The Hall–Kier alpha value is -1.74. The summed E-state index contributed by atoms with van der Waals surface area (Å²) >= 11 is 1.82. The van der Waals surface area contributed by atoms with Gasteiger partial charge in [-0.05, 0) is 45.0 Å². The predicted molar refractivity (Wildman–Crippen MR) is 87.4 cm³/mol. The maximum absolute atomic E-state index is 4.67. The molecule has 0 unspecified atom stereocenters. The minimum absolute atomic E-state index is 0.0749. The van der Waals surface area contributed by atoms with Crippen molar-refractivity contribution >= 4 is 29.5 Å². The summed E-state index contributed by atoms with van der Waals surface area (Å²) in [6, 6.07) is 16.9. The molecular formula is C17H18N2S. The van der Waals surface area contributed by atoms with Crippen LogP contribution in [0.3, 0.4) is 0 Å². The summed E-state index contributed by atoms with van der Waals surface area (Å²) in [5.41, 5.74) is 2.32. The Bertz CT molecular complexity index is 611. The van der Waals surface area contributed by atoms with Crippen molar-refractivity contribution in [1.29, 1.82) is 0 Å². The van der Waals surface area contributed by atoms with Crippen molar-refractivity contribution in [1.82, 2.24) is 0 Å². The standard InChI is InChI=1S/C17H18N2S/c1-17(2,3)18-12-19-13-8-4-6-10-15(13)20-16-11-7-5-9-14(16)19/h4-12H,1-3H3. The summed E-state index contributed by atoms with van der Waals surface area (Å²) in [5, 5.41) is 0. The van der Waals surface area contributed by atoms with E-state index in [0.717, 1.165) is 0 Å². The van der Waals surface area contributed by atoms with E-state index in [2.05, 4.69) is 79.2 Å². The molecule has 2 nitrogen and oxygen atoms in total. The van der Waals surface area contributed by atoms with E-state index in [1.807, 2.05) is 18.1 Å². The van der Waals surface area contributed by atoms with E-state index in [0.29, 0.717) is 0 Å². The molecule has 3 rings (SSSR count). The van der Waals surface area contributed by atoms with Crippen LogP contribution in [0.5, 0.6) is 0 Å². The van der Waals surface area contributed by atoms with Crippen LogP contribution < -0.4 is 4.90 Å². The first-order chi connectivity index (χ1) is 9.54. The van der Waals surface area contributed by atoms with Crippen molar-refractivity contribution in [2.45, 2.75) is 36.1 Å². The number of benzene rings is 2. The van der Waals surface area contributed by atoms with Gasteiger partial charge in [0.05, 0.1) is 23.3 Å². The fourth-order valence-electron chi connectivity index (χ4n) is 2.09. The van der Waals surface area contributed by atoms with E-state index in [1.165, 1.54) is 21.2 Å². The van der Waals surface area contributed by atoms with Crippen molar-refractivity contribution in [3.8, 4) is 0 Å². The summed E-state index contributed by atoms with van der Waals surface area (Å²) < 4.78 is 0. The molecule has 1 heterocycles. The molecule has 20 heavy (non-hydrogen) atoms. The Morgan fingerprint density at radius 3 is 1.90 bits per heavy atom. The maximum Gasteiger partial charge on any atom is 0.0947 e. The molecule has 2 aromatic rings. The second-order valence-electron chi connectivity index (χ2n) is 5.82. The highest BCUT2D eigenvalue weighted by molar-refractivity contribution is 7.99. The third-order valence-corrected chi connectivity index (χ3v) is 4.16. The molecule has 0 atom stereocenters. The Morgan fingerprint density at radius 2 is 1.40 bits per heavy atom. The van der Waals surface area contributed by atoms with Gasteiger partial charge in [0.1, 0.15) is 0 Å². The quantitative estimate of drug-likeness (QED) is 0.533. The van der Waals surface area contributed by atoms with Crippen molar-refractivity contribution in [2.24, 2.45) is 4.99 Å². The third kappa shape index (κ3) is 2.59. The molecule has 0 fully saturated rings. The molecule has 0 amide bonds. The summed E-state index contributed by atoms with van der Waals surface area (Å²) in [4.78, 5) is 9.40. The minimum atomic E-state index is -0.0749. The highest BCUT2D eigenvalue weighted by Gasteiger charge is 2.21. The predicted octanol–water partition coefficient (Wildman–Crippen LogP) is 5.12. The van der Waals surface area contributed by atoms with E-state index < -0.39 is 0 Å². The van der Waals surface area contributed by atoms with E-state index in [9.17, 15) is 0 Å². The third-order valence-electron chi connectivity index (χ3n) is 3.03. The second-order valence-corrected chi connectivity index (χ2v) is 6.91. The topological polar surface area (TPSA) is 15.6 Å². The molecule has 0 spiro atoms. The fourth-order valence-corrected chi connectivity index (χ4v) is 3.16. The van der Waals surface area contributed by atoms with Crippen molar-refractivity contribution in [3.05, 3.63) is 48.5 Å². The Balaban J connectivity index is 2.10. The monoisotopic (exact) mass is 282 g/mol. The van der Waals surface area contributed by atoms with Gasteiger partial charge in [0.25, 0.3) is 0 Å². The van der Waals surface area contributed by atoms with Gasteiger partial charge in [0.2, 0.25) is 0 Å². The number of fused-ring (bicyclic) bond motifs is 2. The lowest BCUT2D eigenvalue weighted by Crippen LogP contribution is -2.21. The van der Waals surface area contributed by atoms with Gasteiger partial charge in [-0.25, -0.2) is 0 Å². The van der Waals surface area contributed by atoms with Gasteiger partial charge in [0.15, 0.2) is 0 Å². The Kier molecular flexibility index (Phi) is 3.30. The average molecular weight is 282 g/mol. The first-order valence-electron chi connectivity index (χ1n) is 6.75. The molecule has 0 aromatic heterocycles. The van der Waals surface area contributed by atoms with Gasteiger partial charge in [-0.2, -0.15) is 0 Å². The molecular weight excluding hydrogens is 264 g/mol. The molecule has 0 saturated carbocycles. The maximum atomic E-state index is 4.67. The number of rotatable bonds is 1. The molecule has 3 heteroatoms. The average Bonchev–Trinajstić information content (AvgIpc) is 2.42.